The zero-order valence-corrected chi connectivity index (χ0v) is 12.3. The molecule has 0 aromatic heterocycles. The molecule has 2 aliphatic rings. The first kappa shape index (κ1) is 12.4. The van der Waals surface area contributed by atoms with E-state index in [4.69, 9.17) is 5.73 Å². The van der Waals surface area contributed by atoms with Gasteiger partial charge in [0, 0.05) is 28.3 Å². The zero-order chi connectivity index (χ0) is 12.7. The number of carbonyl (C=O) groups excluding carboxylic acids is 1. The summed E-state index contributed by atoms with van der Waals surface area (Å²) < 4.78 is 1.16. The van der Waals surface area contributed by atoms with Crippen molar-refractivity contribution >= 4 is 28.5 Å². The van der Waals surface area contributed by atoms with Crippen LogP contribution in [-0.4, -0.2) is 29.9 Å². The third kappa shape index (κ3) is 2.16. The fourth-order valence-corrected chi connectivity index (χ4v) is 3.61. The molecule has 1 aliphatic carbocycles. The molecule has 1 saturated carbocycles. The molecule has 1 saturated heterocycles. The maximum Gasteiger partial charge on any atom is 0.253 e. The van der Waals surface area contributed by atoms with E-state index >= 15 is 0 Å². The molecular weight excluding hydrogens is 339 g/mol. The summed E-state index contributed by atoms with van der Waals surface area (Å²) in [5.41, 5.74) is 6.90. The van der Waals surface area contributed by atoms with Crippen molar-refractivity contribution in [3.63, 3.8) is 0 Å². The van der Waals surface area contributed by atoms with Crippen LogP contribution in [0.5, 0.6) is 0 Å². The predicted molar refractivity (Wildman–Crippen MR) is 79.3 cm³/mol. The molecule has 0 radical (unpaired) electrons. The van der Waals surface area contributed by atoms with Crippen LogP contribution in [0.15, 0.2) is 24.3 Å². The van der Waals surface area contributed by atoms with Crippen LogP contribution >= 0.6 is 22.6 Å². The Kier molecular flexibility index (Phi) is 3.32. The van der Waals surface area contributed by atoms with Crippen molar-refractivity contribution in [2.75, 3.05) is 13.1 Å². The van der Waals surface area contributed by atoms with Crippen molar-refractivity contribution in [1.29, 1.82) is 0 Å². The molecule has 1 heterocycles. The van der Waals surface area contributed by atoms with Gasteiger partial charge >= 0.3 is 0 Å². The third-order valence-corrected chi connectivity index (χ3v) is 5.01. The molecule has 96 valence electrons. The Labute approximate surface area is 121 Å². The molecule has 3 rings (SSSR count). The van der Waals surface area contributed by atoms with E-state index in [1.807, 2.05) is 29.2 Å². The highest BCUT2D eigenvalue weighted by Crippen LogP contribution is 2.37. The molecule has 4 heteroatoms. The summed E-state index contributed by atoms with van der Waals surface area (Å²) >= 11 is 2.25. The molecular formula is C14H17IN2O. The molecule has 1 aliphatic heterocycles. The fourth-order valence-electron chi connectivity index (χ4n) is 3.25. The topological polar surface area (TPSA) is 46.3 Å². The Bertz CT molecular complexity index is 459. The van der Waals surface area contributed by atoms with Crippen molar-refractivity contribution in [3.05, 3.63) is 33.4 Å². The molecule has 2 fully saturated rings. The van der Waals surface area contributed by atoms with E-state index in [2.05, 4.69) is 22.6 Å². The minimum Gasteiger partial charge on any atom is -0.338 e. The highest BCUT2D eigenvalue weighted by molar-refractivity contribution is 14.1. The van der Waals surface area contributed by atoms with Crippen LogP contribution in [0.4, 0.5) is 0 Å². The van der Waals surface area contributed by atoms with Crippen molar-refractivity contribution < 1.29 is 4.79 Å². The van der Waals surface area contributed by atoms with Crippen LogP contribution in [0.2, 0.25) is 0 Å². The first-order valence-corrected chi connectivity index (χ1v) is 7.53. The quantitative estimate of drug-likeness (QED) is 0.784. The number of rotatable bonds is 1. The van der Waals surface area contributed by atoms with E-state index in [-0.39, 0.29) is 5.91 Å². The second-order valence-electron chi connectivity index (χ2n) is 5.38. The van der Waals surface area contributed by atoms with E-state index in [1.54, 1.807) is 0 Å². The second-order valence-corrected chi connectivity index (χ2v) is 6.63. The lowest BCUT2D eigenvalue weighted by Crippen LogP contribution is -2.33. The summed E-state index contributed by atoms with van der Waals surface area (Å²) in [5.74, 6) is 1.32. The Morgan fingerprint density at radius 2 is 1.94 bits per heavy atom. The molecule has 3 atom stereocenters. The Morgan fingerprint density at radius 1 is 1.22 bits per heavy atom. The number of halogens is 1. The molecule has 3 unspecified atom stereocenters. The van der Waals surface area contributed by atoms with Gasteiger partial charge < -0.3 is 10.6 Å². The molecule has 3 nitrogen and oxygen atoms in total. The van der Waals surface area contributed by atoms with Gasteiger partial charge in [0.2, 0.25) is 0 Å². The van der Waals surface area contributed by atoms with Gasteiger partial charge in [0.25, 0.3) is 5.91 Å². The van der Waals surface area contributed by atoms with Crippen LogP contribution in [-0.2, 0) is 0 Å². The van der Waals surface area contributed by atoms with Crippen molar-refractivity contribution in [3.8, 4) is 0 Å². The van der Waals surface area contributed by atoms with Crippen LogP contribution in [0, 0.1) is 15.4 Å². The largest absolute Gasteiger partial charge is 0.338 e. The van der Waals surface area contributed by atoms with Gasteiger partial charge in [-0.3, -0.25) is 4.79 Å². The molecule has 1 aromatic carbocycles. The number of nitrogens with two attached hydrogens (primary N) is 1. The lowest BCUT2D eigenvalue weighted by Gasteiger charge is -2.18. The number of amides is 1. The molecule has 1 aromatic rings. The highest BCUT2D eigenvalue weighted by atomic mass is 127. The fraction of sp³-hybridized carbons (Fsp3) is 0.500. The lowest BCUT2D eigenvalue weighted by molar-refractivity contribution is 0.0779. The van der Waals surface area contributed by atoms with E-state index in [9.17, 15) is 4.79 Å². The zero-order valence-electron chi connectivity index (χ0n) is 10.2. The average Bonchev–Trinajstić information content (AvgIpc) is 2.92. The smallest absolute Gasteiger partial charge is 0.253 e. The SMILES string of the molecule is NC1CCC2CN(C(=O)c3ccc(I)cc3)CC12. The summed E-state index contributed by atoms with van der Waals surface area (Å²) in [6.45, 7) is 1.74. The summed E-state index contributed by atoms with van der Waals surface area (Å²) in [6.07, 6.45) is 2.31. The van der Waals surface area contributed by atoms with Gasteiger partial charge in [-0.1, -0.05) is 0 Å². The second kappa shape index (κ2) is 4.81. The van der Waals surface area contributed by atoms with Crippen molar-refractivity contribution in [1.82, 2.24) is 4.90 Å². The van der Waals surface area contributed by atoms with E-state index in [0.717, 1.165) is 28.6 Å². The van der Waals surface area contributed by atoms with Gasteiger partial charge in [-0.2, -0.15) is 0 Å². The lowest BCUT2D eigenvalue weighted by atomic mass is 9.98. The normalized spacial score (nSPS) is 30.6. The standard InChI is InChI=1S/C14H17IN2O/c15-11-4-1-9(2-5-11)14(18)17-7-10-3-6-13(16)12(10)8-17/h1-2,4-5,10,12-13H,3,6-8,16H2. The first-order chi connectivity index (χ1) is 8.65. The van der Waals surface area contributed by atoms with Gasteiger partial charge in [-0.25, -0.2) is 0 Å². The molecule has 1 amide bonds. The van der Waals surface area contributed by atoms with E-state index in [0.29, 0.717) is 17.9 Å². The van der Waals surface area contributed by atoms with Crippen LogP contribution in [0.25, 0.3) is 0 Å². The monoisotopic (exact) mass is 356 g/mol. The highest BCUT2D eigenvalue weighted by Gasteiger charge is 2.42. The summed E-state index contributed by atoms with van der Waals surface area (Å²) in [4.78, 5) is 14.4. The summed E-state index contributed by atoms with van der Waals surface area (Å²) in [7, 11) is 0. The van der Waals surface area contributed by atoms with E-state index in [1.165, 1.54) is 6.42 Å². The summed E-state index contributed by atoms with van der Waals surface area (Å²) in [6, 6.07) is 8.09. The Morgan fingerprint density at radius 3 is 2.61 bits per heavy atom. The first-order valence-electron chi connectivity index (χ1n) is 6.45. The van der Waals surface area contributed by atoms with Crippen LogP contribution in [0.1, 0.15) is 23.2 Å². The molecule has 0 bridgehead atoms. The van der Waals surface area contributed by atoms with Gasteiger partial charge in [0.1, 0.15) is 0 Å². The van der Waals surface area contributed by atoms with Gasteiger partial charge in [0.05, 0.1) is 0 Å². The minimum absolute atomic E-state index is 0.160. The van der Waals surface area contributed by atoms with Crippen molar-refractivity contribution in [2.24, 2.45) is 17.6 Å². The van der Waals surface area contributed by atoms with Crippen molar-refractivity contribution in [2.45, 2.75) is 18.9 Å². The van der Waals surface area contributed by atoms with Crippen LogP contribution < -0.4 is 5.73 Å². The Balaban J connectivity index is 1.73. The molecule has 2 N–H and O–H groups in total. The van der Waals surface area contributed by atoms with Crippen LogP contribution in [0.3, 0.4) is 0 Å². The number of fused-ring (bicyclic) bond motifs is 1. The maximum atomic E-state index is 12.4. The average molecular weight is 356 g/mol. The number of hydrogen-bond donors (Lipinski definition) is 1. The number of nitrogens with zero attached hydrogens (tertiary/aromatic N) is 1. The minimum atomic E-state index is 0.160. The number of hydrogen-bond acceptors (Lipinski definition) is 2. The van der Waals surface area contributed by atoms with E-state index < -0.39 is 0 Å². The number of likely N-dealkylation sites (tertiary alicyclic amines) is 1. The maximum absolute atomic E-state index is 12.4. The molecule has 18 heavy (non-hydrogen) atoms. The third-order valence-electron chi connectivity index (χ3n) is 4.29. The Hall–Kier alpha value is -0.620. The molecule has 0 spiro atoms. The van der Waals surface area contributed by atoms with Gasteiger partial charge in [0.15, 0.2) is 0 Å². The summed E-state index contributed by atoms with van der Waals surface area (Å²) in [5, 5.41) is 0. The van der Waals surface area contributed by atoms with Gasteiger partial charge in [-0.05, 0) is 71.5 Å². The predicted octanol–water partition coefficient (Wildman–Crippen LogP) is 2.10. The number of carbonyl (C=O) groups is 1. The number of benzene rings is 1. The van der Waals surface area contributed by atoms with Gasteiger partial charge in [-0.15, -0.1) is 0 Å².